The lowest BCUT2D eigenvalue weighted by molar-refractivity contribution is -0.144. The van der Waals surface area contributed by atoms with Crippen molar-refractivity contribution in [1.82, 2.24) is 9.62 Å². The Kier molecular flexibility index (Phi) is 6.74. The molecular weight excluding hydrogens is 456 g/mol. The number of nitrogens with zero attached hydrogens (tertiary/aromatic N) is 1. The van der Waals surface area contributed by atoms with E-state index in [1.165, 1.54) is 12.1 Å². The van der Waals surface area contributed by atoms with Crippen LogP contribution in [-0.2, 0) is 19.6 Å². The highest BCUT2D eigenvalue weighted by Gasteiger charge is 2.40. The minimum absolute atomic E-state index is 0.0564. The number of hydrogen-bond acceptors (Lipinski definition) is 6. The topological polar surface area (TPSA) is 110 Å². The molecule has 3 aromatic carbocycles. The molecule has 34 heavy (non-hydrogen) atoms. The standard InChI is InChI=1S/C25H22N2O6S/c28-23(33-16-15-27-25(30)20-13-7-8-14-22(20)34(27,31)32)17-21(18-9-3-1-4-10-18)26-24(29)19-11-5-2-6-12-19/h1-14,21H,15-17H2,(H,26,29)/t21-/m1/s1. The minimum atomic E-state index is -3.97. The third kappa shape index (κ3) is 4.84. The van der Waals surface area contributed by atoms with Gasteiger partial charge in [0.1, 0.15) is 11.5 Å². The van der Waals surface area contributed by atoms with Gasteiger partial charge in [-0.2, -0.15) is 0 Å². The van der Waals surface area contributed by atoms with Crippen molar-refractivity contribution in [3.8, 4) is 0 Å². The van der Waals surface area contributed by atoms with Gasteiger partial charge in [0.2, 0.25) is 0 Å². The van der Waals surface area contributed by atoms with E-state index in [0.29, 0.717) is 9.87 Å². The summed E-state index contributed by atoms with van der Waals surface area (Å²) in [5.41, 5.74) is 1.27. The van der Waals surface area contributed by atoms with Gasteiger partial charge in [-0.05, 0) is 29.8 Å². The van der Waals surface area contributed by atoms with Crippen LogP contribution in [0, 0.1) is 0 Å². The van der Waals surface area contributed by atoms with Gasteiger partial charge in [-0.3, -0.25) is 14.4 Å². The highest BCUT2D eigenvalue weighted by Crippen LogP contribution is 2.29. The summed E-state index contributed by atoms with van der Waals surface area (Å²) in [5.74, 6) is -1.62. The lowest BCUT2D eigenvalue weighted by Gasteiger charge is -2.19. The highest BCUT2D eigenvalue weighted by molar-refractivity contribution is 7.90. The number of benzene rings is 3. The third-order valence-electron chi connectivity index (χ3n) is 5.38. The summed E-state index contributed by atoms with van der Waals surface area (Å²) in [5, 5.41) is 2.84. The van der Waals surface area contributed by atoms with Crippen molar-refractivity contribution in [3.63, 3.8) is 0 Å². The normalized spacial score (nSPS) is 14.8. The molecule has 0 aromatic heterocycles. The fourth-order valence-corrected chi connectivity index (χ4v) is 5.24. The summed E-state index contributed by atoms with van der Waals surface area (Å²) in [6, 6.07) is 22.9. The molecule has 3 aromatic rings. The van der Waals surface area contributed by atoms with Crippen molar-refractivity contribution in [3.05, 3.63) is 102 Å². The van der Waals surface area contributed by atoms with Crippen LogP contribution in [0.4, 0.5) is 0 Å². The smallest absolute Gasteiger partial charge is 0.308 e. The first-order valence-corrected chi connectivity index (χ1v) is 12.0. The van der Waals surface area contributed by atoms with E-state index in [9.17, 15) is 22.8 Å². The molecule has 2 amide bonds. The van der Waals surface area contributed by atoms with Crippen LogP contribution in [0.2, 0.25) is 0 Å². The van der Waals surface area contributed by atoms with E-state index in [4.69, 9.17) is 4.74 Å². The second kappa shape index (κ2) is 9.88. The Hall–Kier alpha value is -3.98. The summed E-state index contributed by atoms with van der Waals surface area (Å²) in [4.78, 5) is 37.6. The summed E-state index contributed by atoms with van der Waals surface area (Å²) < 4.78 is 31.2. The maximum atomic E-state index is 12.6. The summed E-state index contributed by atoms with van der Waals surface area (Å²) in [6.45, 7) is -0.597. The Bertz CT molecular complexity index is 1310. The molecule has 1 atom stereocenters. The number of fused-ring (bicyclic) bond motifs is 1. The number of ether oxygens (including phenoxy) is 1. The second-order valence-electron chi connectivity index (χ2n) is 7.61. The van der Waals surface area contributed by atoms with Crippen LogP contribution < -0.4 is 5.32 Å². The van der Waals surface area contributed by atoms with Crippen LogP contribution in [-0.4, -0.2) is 43.7 Å². The molecule has 1 aliphatic rings. The highest BCUT2D eigenvalue weighted by atomic mass is 32.2. The van der Waals surface area contributed by atoms with Crippen molar-refractivity contribution in [2.24, 2.45) is 0 Å². The number of amides is 2. The van der Waals surface area contributed by atoms with Gasteiger partial charge in [0.05, 0.1) is 24.6 Å². The van der Waals surface area contributed by atoms with Gasteiger partial charge < -0.3 is 10.1 Å². The molecule has 0 radical (unpaired) electrons. The van der Waals surface area contributed by atoms with Crippen molar-refractivity contribution in [2.75, 3.05) is 13.2 Å². The predicted molar refractivity (Wildman–Crippen MR) is 123 cm³/mol. The molecule has 0 saturated carbocycles. The van der Waals surface area contributed by atoms with Crippen molar-refractivity contribution >= 4 is 27.8 Å². The zero-order valence-electron chi connectivity index (χ0n) is 18.1. The molecule has 4 rings (SSSR count). The quantitative estimate of drug-likeness (QED) is 0.499. The van der Waals surface area contributed by atoms with Crippen LogP contribution in [0.25, 0.3) is 0 Å². The molecule has 0 aliphatic carbocycles. The molecule has 174 valence electrons. The van der Waals surface area contributed by atoms with Gasteiger partial charge in [-0.1, -0.05) is 60.7 Å². The van der Waals surface area contributed by atoms with Crippen molar-refractivity contribution in [2.45, 2.75) is 17.4 Å². The van der Waals surface area contributed by atoms with Gasteiger partial charge in [0.15, 0.2) is 0 Å². The van der Waals surface area contributed by atoms with Crippen molar-refractivity contribution < 1.29 is 27.5 Å². The SMILES string of the molecule is O=C(C[C@@H](NC(=O)c1ccccc1)c1ccccc1)OCCN1C(=O)c2ccccc2S1(=O)=O. The number of nitrogens with one attached hydrogen (secondary N) is 1. The zero-order chi connectivity index (χ0) is 24.1. The van der Waals surface area contributed by atoms with Crippen LogP contribution >= 0.6 is 0 Å². The fourth-order valence-electron chi connectivity index (χ4n) is 3.69. The van der Waals surface area contributed by atoms with Gasteiger partial charge in [-0.15, -0.1) is 0 Å². The Morgan fingerprint density at radius 1 is 0.882 bits per heavy atom. The van der Waals surface area contributed by atoms with E-state index in [1.54, 1.807) is 66.7 Å². The van der Waals surface area contributed by atoms with E-state index in [2.05, 4.69) is 5.32 Å². The molecule has 0 saturated heterocycles. The number of carbonyl (C=O) groups is 3. The average molecular weight is 479 g/mol. The van der Waals surface area contributed by atoms with Crippen LogP contribution in [0.1, 0.15) is 38.7 Å². The molecule has 0 fully saturated rings. The summed E-state index contributed by atoms with van der Waals surface area (Å²) in [7, 11) is -3.97. The molecular formula is C25H22N2O6S. The van der Waals surface area contributed by atoms with E-state index >= 15 is 0 Å². The zero-order valence-corrected chi connectivity index (χ0v) is 18.9. The van der Waals surface area contributed by atoms with Gasteiger partial charge in [0, 0.05) is 5.56 Å². The minimum Gasteiger partial charge on any atom is -0.464 e. The molecule has 0 spiro atoms. The molecule has 0 unspecified atom stereocenters. The summed E-state index contributed by atoms with van der Waals surface area (Å²) in [6.07, 6.45) is -0.163. The monoisotopic (exact) mass is 478 g/mol. The number of sulfonamides is 1. The van der Waals surface area contributed by atoms with E-state index in [-0.39, 0.29) is 35.9 Å². The number of esters is 1. The van der Waals surface area contributed by atoms with Crippen molar-refractivity contribution in [1.29, 1.82) is 0 Å². The number of hydrogen-bond donors (Lipinski definition) is 1. The van der Waals surface area contributed by atoms with E-state index in [0.717, 1.165) is 5.56 Å². The predicted octanol–water partition coefficient (Wildman–Crippen LogP) is 2.94. The first-order chi connectivity index (χ1) is 16.4. The average Bonchev–Trinajstić information content (AvgIpc) is 3.05. The Balaban J connectivity index is 1.39. The van der Waals surface area contributed by atoms with E-state index < -0.39 is 27.9 Å². The molecule has 1 aliphatic heterocycles. The molecule has 1 heterocycles. The molecule has 0 bridgehead atoms. The maximum absolute atomic E-state index is 12.6. The van der Waals surface area contributed by atoms with Gasteiger partial charge in [-0.25, -0.2) is 12.7 Å². The van der Waals surface area contributed by atoms with E-state index in [1.807, 2.05) is 6.07 Å². The summed E-state index contributed by atoms with van der Waals surface area (Å²) >= 11 is 0. The largest absolute Gasteiger partial charge is 0.464 e. The lowest BCUT2D eigenvalue weighted by atomic mass is 10.0. The van der Waals surface area contributed by atoms with Crippen LogP contribution in [0.5, 0.6) is 0 Å². The fraction of sp³-hybridized carbons (Fsp3) is 0.160. The number of rotatable bonds is 8. The Labute approximate surface area is 197 Å². The third-order valence-corrected chi connectivity index (χ3v) is 7.22. The molecule has 9 heteroatoms. The Morgan fingerprint density at radius 3 is 2.18 bits per heavy atom. The van der Waals surface area contributed by atoms with Crippen LogP contribution in [0.3, 0.4) is 0 Å². The first-order valence-electron chi connectivity index (χ1n) is 10.6. The Morgan fingerprint density at radius 2 is 1.50 bits per heavy atom. The second-order valence-corrected chi connectivity index (χ2v) is 9.44. The maximum Gasteiger partial charge on any atom is 0.308 e. The van der Waals surface area contributed by atoms with Gasteiger partial charge >= 0.3 is 5.97 Å². The number of carbonyl (C=O) groups excluding carboxylic acids is 3. The molecule has 8 nitrogen and oxygen atoms in total. The van der Waals surface area contributed by atoms with Gasteiger partial charge in [0.25, 0.3) is 21.8 Å². The lowest BCUT2D eigenvalue weighted by Crippen LogP contribution is -2.34. The molecule has 1 N–H and O–H groups in total. The van der Waals surface area contributed by atoms with Crippen LogP contribution in [0.15, 0.2) is 89.8 Å². The first kappa shape index (κ1) is 23.2.